The van der Waals surface area contributed by atoms with Crippen molar-refractivity contribution in [3.63, 3.8) is 0 Å². The summed E-state index contributed by atoms with van der Waals surface area (Å²) in [6, 6.07) is 12.4. The standard InChI is InChI=1S/C19H25N3O2/c1-20-19(23)10-15-11-21(14-17-7-5-9-22(17)12-15)13-16-6-3-4-8-18(16)24-2/h3-9,15H,10-14H2,1-2H3,(H,20,23)/t15-/m0/s1. The second kappa shape index (κ2) is 7.53. The van der Waals surface area contributed by atoms with Gasteiger partial charge in [-0.2, -0.15) is 0 Å². The number of methoxy groups -OCH3 is 1. The first-order valence-electron chi connectivity index (χ1n) is 8.38. The van der Waals surface area contributed by atoms with E-state index in [-0.39, 0.29) is 5.91 Å². The lowest BCUT2D eigenvalue weighted by Gasteiger charge is -2.24. The van der Waals surface area contributed by atoms with Gasteiger partial charge in [-0.3, -0.25) is 9.69 Å². The molecule has 1 aliphatic heterocycles. The molecule has 24 heavy (non-hydrogen) atoms. The van der Waals surface area contributed by atoms with Crippen LogP contribution in [-0.4, -0.2) is 36.1 Å². The summed E-state index contributed by atoms with van der Waals surface area (Å²) in [5, 5.41) is 2.75. The van der Waals surface area contributed by atoms with Crippen molar-refractivity contribution in [2.45, 2.75) is 26.1 Å². The van der Waals surface area contributed by atoms with E-state index in [0.717, 1.165) is 31.9 Å². The van der Waals surface area contributed by atoms with Crippen LogP contribution in [0.5, 0.6) is 5.75 Å². The highest BCUT2D eigenvalue weighted by molar-refractivity contribution is 5.75. The number of carbonyl (C=O) groups excluding carboxylic acids is 1. The molecule has 0 bridgehead atoms. The maximum atomic E-state index is 11.8. The summed E-state index contributed by atoms with van der Waals surface area (Å²) in [4.78, 5) is 14.3. The quantitative estimate of drug-likeness (QED) is 0.916. The van der Waals surface area contributed by atoms with Gasteiger partial charge >= 0.3 is 0 Å². The number of aromatic nitrogens is 1. The van der Waals surface area contributed by atoms with E-state index in [1.807, 2.05) is 18.2 Å². The molecule has 5 heteroatoms. The van der Waals surface area contributed by atoms with Gasteiger partial charge in [0.2, 0.25) is 5.91 Å². The molecule has 3 rings (SSSR count). The van der Waals surface area contributed by atoms with Crippen molar-refractivity contribution >= 4 is 5.91 Å². The number of hydrogen-bond acceptors (Lipinski definition) is 3. The topological polar surface area (TPSA) is 46.5 Å². The molecule has 1 aromatic carbocycles. The van der Waals surface area contributed by atoms with Crippen molar-refractivity contribution < 1.29 is 9.53 Å². The molecule has 0 aliphatic carbocycles. The van der Waals surface area contributed by atoms with Crippen LogP contribution in [0.2, 0.25) is 0 Å². The number of para-hydroxylation sites is 1. The maximum Gasteiger partial charge on any atom is 0.220 e. The van der Waals surface area contributed by atoms with E-state index in [1.165, 1.54) is 11.3 Å². The molecule has 2 heterocycles. The van der Waals surface area contributed by atoms with E-state index >= 15 is 0 Å². The molecule has 2 aromatic rings. The highest BCUT2D eigenvalue weighted by atomic mass is 16.5. The van der Waals surface area contributed by atoms with Gasteiger partial charge in [-0.1, -0.05) is 18.2 Å². The predicted octanol–water partition coefficient (Wildman–Crippen LogP) is 2.26. The number of carbonyl (C=O) groups is 1. The SMILES string of the molecule is CNC(=O)C[C@H]1CN(Cc2ccccc2OC)Cc2cccn2C1. The van der Waals surface area contributed by atoms with Crippen LogP contribution in [0.15, 0.2) is 42.6 Å². The third kappa shape index (κ3) is 3.79. The third-order valence-electron chi connectivity index (χ3n) is 4.62. The number of amides is 1. The fraction of sp³-hybridized carbons (Fsp3) is 0.421. The van der Waals surface area contributed by atoms with Gasteiger partial charge in [-0.15, -0.1) is 0 Å². The molecule has 1 amide bonds. The molecule has 1 aliphatic rings. The fourth-order valence-electron chi connectivity index (χ4n) is 3.45. The molecule has 0 fully saturated rings. The van der Waals surface area contributed by atoms with Gasteiger partial charge in [0, 0.05) is 57.1 Å². The first kappa shape index (κ1) is 16.6. The Morgan fingerprint density at radius 3 is 2.88 bits per heavy atom. The molecule has 0 saturated carbocycles. The smallest absolute Gasteiger partial charge is 0.220 e. The summed E-state index contributed by atoms with van der Waals surface area (Å²) < 4.78 is 7.76. The van der Waals surface area contributed by atoms with Crippen molar-refractivity contribution in [3.05, 3.63) is 53.9 Å². The van der Waals surface area contributed by atoms with Crippen molar-refractivity contribution in [3.8, 4) is 5.75 Å². The average molecular weight is 327 g/mol. The van der Waals surface area contributed by atoms with Gasteiger partial charge < -0.3 is 14.6 Å². The van der Waals surface area contributed by atoms with Crippen LogP contribution in [0.25, 0.3) is 0 Å². The second-order valence-corrected chi connectivity index (χ2v) is 6.38. The first-order valence-corrected chi connectivity index (χ1v) is 8.38. The summed E-state index contributed by atoms with van der Waals surface area (Å²) in [6.45, 7) is 3.49. The van der Waals surface area contributed by atoms with Crippen LogP contribution in [0.4, 0.5) is 0 Å². The van der Waals surface area contributed by atoms with Gasteiger partial charge in [0.15, 0.2) is 0 Å². The Labute approximate surface area is 143 Å². The van der Waals surface area contributed by atoms with Gasteiger partial charge in [0.25, 0.3) is 0 Å². The van der Waals surface area contributed by atoms with E-state index in [4.69, 9.17) is 4.74 Å². The summed E-state index contributed by atoms with van der Waals surface area (Å²) in [5.74, 6) is 1.32. The number of ether oxygens (including phenoxy) is 1. The second-order valence-electron chi connectivity index (χ2n) is 6.38. The largest absolute Gasteiger partial charge is 0.496 e. The van der Waals surface area contributed by atoms with Crippen molar-refractivity contribution in [1.82, 2.24) is 14.8 Å². The van der Waals surface area contributed by atoms with Crippen LogP contribution in [0, 0.1) is 5.92 Å². The fourth-order valence-corrected chi connectivity index (χ4v) is 3.45. The van der Waals surface area contributed by atoms with Crippen molar-refractivity contribution in [2.24, 2.45) is 5.92 Å². The minimum Gasteiger partial charge on any atom is -0.496 e. The molecule has 1 N–H and O–H groups in total. The Bertz CT molecular complexity index is 695. The number of benzene rings is 1. The molecule has 128 valence electrons. The number of hydrogen-bond donors (Lipinski definition) is 1. The van der Waals surface area contributed by atoms with Crippen molar-refractivity contribution in [2.75, 3.05) is 20.7 Å². The molecular formula is C19H25N3O2. The number of rotatable bonds is 5. The zero-order valence-electron chi connectivity index (χ0n) is 14.4. The van der Waals surface area contributed by atoms with Crippen molar-refractivity contribution in [1.29, 1.82) is 0 Å². The number of nitrogens with one attached hydrogen (secondary N) is 1. The molecule has 1 atom stereocenters. The molecule has 0 saturated heterocycles. The minimum absolute atomic E-state index is 0.104. The number of fused-ring (bicyclic) bond motifs is 1. The molecular weight excluding hydrogens is 302 g/mol. The van der Waals surface area contributed by atoms with E-state index < -0.39 is 0 Å². The van der Waals surface area contributed by atoms with E-state index in [9.17, 15) is 4.79 Å². The predicted molar refractivity (Wildman–Crippen MR) is 93.7 cm³/mol. The van der Waals surface area contributed by atoms with Crippen LogP contribution in [0.1, 0.15) is 17.7 Å². The van der Waals surface area contributed by atoms with Gasteiger partial charge in [0.1, 0.15) is 5.75 Å². The Hall–Kier alpha value is -2.27. The molecule has 1 aromatic heterocycles. The average Bonchev–Trinajstić information content (AvgIpc) is 2.95. The minimum atomic E-state index is 0.104. The highest BCUT2D eigenvalue weighted by Gasteiger charge is 2.23. The lowest BCUT2D eigenvalue weighted by molar-refractivity contribution is -0.121. The summed E-state index contributed by atoms with van der Waals surface area (Å²) in [6.07, 6.45) is 2.66. The Balaban J connectivity index is 1.80. The molecule has 5 nitrogen and oxygen atoms in total. The third-order valence-corrected chi connectivity index (χ3v) is 4.62. The Morgan fingerprint density at radius 1 is 1.25 bits per heavy atom. The van der Waals surface area contributed by atoms with E-state index in [0.29, 0.717) is 12.3 Å². The van der Waals surface area contributed by atoms with Gasteiger partial charge in [0.05, 0.1) is 7.11 Å². The zero-order valence-corrected chi connectivity index (χ0v) is 14.4. The lowest BCUT2D eigenvalue weighted by Crippen LogP contribution is -2.31. The molecule has 0 spiro atoms. The summed E-state index contributed by atoms with van der Waals surface area (Å²) in [5.41, 5.74) is 2.48. The molecule has 0 radical (unpaired) electrons. The van der Waals surface area contributed by atoms with Crippen LogP contribution >= 0.6 is 0 Å². The summed E-state index contributed by atoms with van der Waals surface area (Å²) in [7, 11) is 3.41. The molecule has 0 unspecified atom stereocenters. The van der Waals surface area contributed by atoms with E-state index in [1.54, 1.807) is 14.2 Å². The highest BCUT2D eigenvalue weighted by Crippen LogP contribution is 2.24. The van der Waals surface area contributed by atoms with Gasteiger partial charge in [-0.05, 0) is 24.1 Å². The van der Waals surface area contributed by atoms with Gasteiger partial charge in [-0.25, -0.2) is 0 Å². The Kier molecular flexibility index (Phi) is 5.20. The zero-order chi connectivity index (χ0) is 16.9. The monoisotopic (exact) mass is 327 g/mol. The first-order chi connectivity index (χ1) is 11.7. The van der Waals surface area contributed by atoms with E-state index in [2.05, 4.69) is 39.2 Å². The van der Waals surface area contributed by atoms with Crippen LogP contribution in [0.3, 0.4) is 0 Å². The maximum absolute atomic E-state index is 11.8. The lowest BCUT2D eigenvalue weighted by atomic mass is 10.0. The van der Waals surface area contributed by atoms with Crippen LogP contribution in [-0.2, 0) is 24.4 Å². The van der Waals surface area contributed by atoms with Crippen LogP contribution < -0.4 is 10.1 Å². The Morgan fingerprint density at radius 2 is 2.08 bits per heavy atom. The summed E-state index contributed by atoms with van der Waals surface area (Å²) >= 11 is 0. The normalized spacial score (nSPS) is 17.8. The number of nitrogens with zero attached hydrogens (tertiary/aromatic N) is 2.